The molecule has 3 aromatic carbocycles. The van der Waals surface area contributed by atoms with Crippen molar-refractivity contribution < 1.29 is 28.5 Å². The van der Waals surface area contributed by atoms with E-state index in [-0.39, 0.29) is 24.9 Å². The third-order valence-electron chi connectivity index (χ3n) is 5.60. The first-order valence-corrected chi connectivity index (χ1v) is 10.8. The lowest BCUT2D eigenvalue weighted by atomic mass is 10.1. The van der Waals surface area contributed by atoms with Crippen LogP contribution in [0.3, 0.4) is 0 Å². The number of para-hydroxylation sites is 1. The minimum Gasteiger partial charge on any atom is -0.496 e. The monoisotopic (exact) mass is 464 g/mol. The molecule has 0 atom stereocenters. The summed E-state index contributed by atoms with van der Waals surface area (Å²) in [7, 11) is 1.59. The number of hydrogen-bond acceptors (Lipinski definition) is 6. The smallest absolute Gasteiger partial charge is 0.231 e. The molecule has 0 amide bonds. The Kier molecular flexibility index (Phi) is 5.70. The number of halogens is 1. The zero-order chi connectivity index (χ0) is 22.9. The standard InChI is InChI=1S/C26H21ClO6/c1-15-21(31-13-18-10-19(27)9-17-12-30-14-32-26(17)18)8-7-20-24(28)23(33-25(15)20)11-16-5-3-4-6-22(16)29-2/h3-11H,12-14H2,1-2H3/b23-11-. The molecule has 7 heteroatoms. The molecule has 3 aromatic rings. The van der Waals surface area contributed by atoms with Crippen LogP contribution in [0.5, 0.6) is 23.0 Å². The number of benzene rings is 3. The van der Waals surface area contributed by atoms with Gasteiger partial charge in [-0.15, -0.1) is 0 Å². The van der Waals surface area contributed by atoms with Crippen molar-refractivity contribution in [1.29, 1.82) is 0 Å². The molecule has 0 radical (unpaired) electrons. The molecule has 168 valence electrons. The number of Topliss-reactive ketones (excluding diaryl/α,β-unsaturated/α-hetero) is 1. The molecule has 5 rings (SSSR count). The van der Waals surface area contributed by atoms with E-state index < -0.39 is 0 Å². The van der Waals surface area contributed by atoms with Crippen molar-refractivity contribution in [1.82, 2.24) is 0 Å². The maximum absolute atomic E-state index is 12.9. The first-order chi connectivity index (χ1) is 16.0. The maximum Gasteiger partial charge on any atom is 0.231 e. The van der Waals surface area contributed by atoms with Gasteiger partial charge in [-0.2, -0.15) is 0 Å². The van der Waals surface area contributed by atoms with Gasteiger partial charge in [0.05, 0.1) is 19.3 Å². The van der Waals surface area contributed by atoms with Gasteiger partial charge in [0.15, 0.2) is 12.6 Å². The summed E-state index contributed by atoms with van der Waals surface area (Å²) in [5.74, 6) is 2.57. The van der Waals surface area contributed by atoms with Crippen molar-refractivity contribution in [3.8, 4) is 23.0 Å². The fourth-order valence-electron chi connectivity index (χ4n) is 3.97. The Morgan fingerprint density at radius 1 is 1.09 bits per heavy atom. The number of ether oxygens (including phenoxy) is 5. The van der Waals surface area contributed by atoms with Crippen LogP contribution < -0.4 is 18.9 Å². The topological polar surface area (TPSA) is 63.2 Å². The molecule has 0 aromatic heterocycles. The summed E-state index contributed by atoms with van der Waals surface area (Å²) in [4.78, 5) is 12.9. The van der Waals surface area contributed by atoms with E-state index >= 15 is 0 Å². The van der Waals surface area contributed by atoms with Crippen molar-refractivity contribution in [2.75, 3.05) is 13.9 Å². The minimum absolute atomic E-state index is 0.178. The van der Waals surface area contributed by atoms with Crippen LogP contribution in [0.2, 0.25) is 5.02 Å². The second kappa shape index (κ2) is 8.81. The molecule has 33 heavy (non-hydrogen) atoms. The van der Waals surface area contributed by atoms with E-state index in [1.165, 1.54) is 0 Å². The normalized spacial score (nSPS) is 15.5. The average molecular weight is 465 g/mol. The summed E-state index contributed by atoms with van der Waals surface area (Å²) in [6, 6.07) is 14.6. The second-order valence-corrected chi connectivity index (χ2v) is 8.14. The van der Waals surface area contributed by atoms with E-state index in [2.05, 4.69) is 0 Å². The number of fused-ring (bicyclic) bond motifs is 2. The van der Waals surface area contributed by atoms with Gasteiger partial charge < -0.3 is 23.7 Å². The van der Waals surface area contributed by atoms with E-state index in [9.17, 15) is 4.79 Å². The van der Waals surface area contributed by atoms with Crippen LogP contribution in [-0.2, 0) is 18.0 Å². The number of ketones is 1. The highest BCUT2D eigenvalue weighted by Gasteiger charge is 2.30. The Morgan fingerprint density at radius 2 is 1.94 bits per heavy atom. The highest BCUT2D eigenvalue weighted by atomic mass is 35.5. The van der Waals surface area contributed by atoms with Crippen LogP contribution in [-0.4, -0.2) is 19.7 Å². The molecule has 0 saturated carbocycles. The molecule has 0 aliphatic carbocycles. The van der Waals surface area contributed by atoms with Gasteiger partial charge in [-0.05, 0) is 43.3 Å². The van der Waals surface area contributed by atoms with Crippen LogP contribution in [0.15, 0.2) is 54.3 Å². The fourth-order valence-corrected chi connectivity index (χ4v) is 4.23. The van der Waals surface area contributed by atoms with Crippen LogP contribution in [0.25, 0.3) is 6.08 Å². The third-order valence-corrected chi connectivity index (χ3v) is 5.82. The van der Waals surface area contributed by atoms with E-state index in [4.69, 9.17) is 35.3 Å². The van der Waals surface area contributed by atoms with Crippen LogP contribution in [0.4, 0.5) is 0 Å². The first-order valence-electron chi connectivity index (χ1n) is 10.4. The Labute approximate surface area is 196 Å². The summed E-state index contributed by atoms with van der Waals surface area (Å²) in [5.41, 5.74) is 3.72. The zero-order valence-corrected chi connectivity index (χ0v) is 18.9. The molecule has 0 N–H and O–H groups in total. The lowest BCUT2D eigenvalue weighted by Crippen LogP contribution is -2.14. The molecule has 2 aliphatic heterocycles. The molecule has 0 fully saturated rings. The predicted octanol–water partition coefficient (Wildman–Crippen LogP) is 5.72. The third kappa shape index (κ3) is 4.03. The summed E-state index contributed by atoms with van der Waals surface area (Å²) >= 11 is 6.25. The number of carbonyl (C=O) groups excluding carboxylic acids is 1. The highest BCUT2D eigenvalue weighted by Crippen LogP contribution is 2.40. The predicted molar refractivity (Wildman–Crippen MR) is 123 cm³/mol. The highest BCUT2D eigenvalue weighted by molar-refractivity contribution is 6.30. The molecule has 6 nitrogen and oxygen atoms in total. The minimum atomic E-state index is -0.178. The Morgan fingerprint density at radius 3 is 2.79 bits per heavy atom. The molecule has 0 spiro atoms. The summed E-state index contributed by atoms with van der Waals surface area (Å²) in [5, 5.41) is 0.590. The van der Waals surface area contributed by atoms with Crippen molar-refractivity contribution in [3.63, 3.8) is 0 Å². The maximum atomic E-state index is 12.9. The zero-order valence-electron chi connectivity index (χ0n) is 18.1. The Balaban J connectivity index is 1.40. The van der Waals surface area contributed by atoms with Crippen molar-refractivity contribution in [3.05, 3.63) is 87.1 Å². The van der Waals surface area contributed by atoms with E-state index in [0.717, 1.165) is 28.0 Å². The van der Waals surface area contributed by atoms with Gasteiger partial charge in [0.25, 0.3) is 0 Å². The van der Waals surface area contributed by atoms with E-state index in [1.54, 1.807) is 25.3 Å². The molecule has 0 bridgehead atoms. The summed E-state index contributed by atoms with van der Waals surface area (Å²) < 4.78 is 28.4. The lowest BCUT2D eigenvalue weighted by Gasteiger charge is -2.21. The number of methoxy groups -OCH3 is 1. The molecule has 0 unspecified atom stereocenters. The van der Waals surface area contributed by atoms with Crippen molar-refractivity contribution >= 4 is 23.5 Å². The van der Waals surface area contributed by atoms with Crippen molar-refractivity contribution in [2.45, 2.75) is 20.1 Å². The second-order valence-electron chi connectivity index (χ2n) is 7.70. The van der Waals surface area contributed by atoms with Gasteiger partial charge in [-0.25, -0.2) is 0 Å². The van der Waals surface area contributed by atoms with Crippen LogP contribution in [0, 0.1) is 6.92 Å². The molecule has 0 saturated heterocycles. The number of hydrogen-bond donors (Lipinski definition) is 0. The Bertz CT molecular complexity index is 1280. The van der Waals surface area contributed by atoms with E-state index in [1.807, 2.05) is 43.3 Å². The van der Waals surface area contributed by atoms with Crippen molar-refractivity contribution in [2.24, 2.45) is 0 Å². The van der Waals surface area contributed by atoms with Gasteiger partial charge in [-0.1, -0.05) is 29.8 Å². The average Bonchev–Trinajstić information content (AvgIpc) is 3.14. The number of rotatable bonds is 5. The Hall–Kier alpha value is -3.48. The van der Waals surface area contributed by atoms with Gasteiger partial charge in [-0.3, -0.25) is 4.79 Å². The fraction of sp³-hybridized carbons (Fsp3) is 0.192. The molecular formula is C26H21ClO6. The van der Waals surface area contributed by atoms with Gasteiger partial charge in [0, 0.05) is 27.3 Å². The first kappa shape index (κ1) is 21.4. The molecule has 2 heterocycles. The van der Waals surface area contributed by atoms with Crippen LogP contribution in [0.1, 0.15) is 32.6 Å². The van der Waals surface area contributed by atoms with Gasteiger partial charge in [0.2, 0.25) is 5.78 Å². The summed E-state index contributed by atoms with van der Waals surface area (Å²) in [6.07, 6.45) is 1.69. The molecular weight excluding hydrogens is 444 g/mol. The number of allylic oxidation sites excluding steroid dienone is 1. The quantitative estimate of drug-likeness (QED) is 0.450. The lowest BCUT2D eigenvalue weighted by molar-refractivity contribution is -0.0175. The largest absolute Gasteiger partial charge is 0.496 e. The summed E-state index contributed by atoms with van der Waals surface area (Å²) in [6.45, 7) is 2.75. The van der Waals surface area contributed by atoms with Gasteiger partial charge in [0.1, 0.15) is 29.6 Å². The molecule has 2 aliphatic rings. The van der Waals surface area contributed by atoms with Crippen LogP contribution >= 0.6 is 11.6 Å². The van der Waals surface area contributed by atoms with E-state index in [0.29, 0.717) is 34.4 Å². The SMILES string of the molecule is COc1ccccc1/C=C1\Oc2c(ccc(OCc3cc(Cl)cc4c3OCOC4)c2C)C1=O. The number of carbonyl (C=O) groups is 1. The van der Waals surface area contributed by atoms with Gasteiger partial charge >= 0.3 is 0 Å².